The van der Waals surface area contributed by atoms with E-state index in [-0.39, 0.29) is 11.9 Å². The van der Waals surface area contributed by atoms with Crippen LogP contribution in [0, 0.1) is 0 Å². The zero-order valence-corrected chi connectivity index (χ0v) is 12.6. The molecule has 3 heterocycles. The van der Waals surface area contributed by atoms with Crippen LogP contribution in [0.25, 0.3) is 0 Å². The van der Waals surface area contributed by atoms with Crippen LogP contribution in [-0.4, -0.2) is 35.0 Å². The monoisotopic (exact) mass is 294 g/mol. The fourth-order valence-corrected chi connectivity index (χ4v) is 3.97. The van der Waals surface area contributed by atoms with Crippen LogP contribution in [0.1, 0.15) is 56.0 Å². The van der Waals surface area contributed by atoms with Crippen LogP contribution in [0.5, 0.6) is 0 Å². The highest BCUT2D eigenvalue weighted by atomic mass is 32.1. The van der Waals surface area contributed by atoms with Crippen molar-refractivity contribution in [1.82, 2.24) is 9.88 Å². The third-order valence-corrected chi connectivity index (χ3v) is 5.14. The van der Waals surface area contributed by atoms with Gasteiger partial charge in [-0.1, -0.05) is 0 Å². The third-order valence-electron chi connectivity index (χ3n) is 4.26. The van der Waals surface area contributed by atoms with E-state index in [2.05, 4.69) is 9.88 Å². The number of aromatic nitrogens is 1. The summed E-state index contributed by atoms with van der Waals surface area (Å²) in [5, 5.41) is 3.09. The van der Waals surface area contributed by atoms with Gasteiger partial charge in [0.2, 0.25) is 5.91 Å². The largest absolute Gasteiger partial charge is 0.378 e. The molecule has 0 N–H and O–H groups in total. The average Bonchev–Trinajstić information content (AvgIpc) is 3.18. The molecule has 2 atom stereocenters. The molecule has 0 spiro atoms. The fraction of sp³-hybridized carbons (Fsp3) is 0.733. The van der Waals surface area contributed by atoms with Crippen LogP contribution in [0.3, 0.4) is 0 Å². The SMILES string of the molecule is O=C(CC[C@H]1CCCO1)N1CCCC[C@H]1c1nccs1. The minimum Gasteiger partial charge on any atom is -0.378 e. The van der Waals surface area contributed by atoms with Crippen molar-refractivity contribution in [3.63, 3.8) is 0 Å². The lowest BCUT2D eigenvalue weighted by molar-refractivity contribution is -0.135. The summed E-state index contributed by atoms with van der Waals surface area (Å²) < 4.78 is 5.61. The summed E-state index contributed by atoms with van der Waals surface area (Å²) in [7, 11) is 0. The minimum absolute atomic E-state index is 0.209. The van der Waals surface area contributed by atoms with Crippen molar-refractivity contribution in [2.75, 3.05) is 13.2 Å². The number of hydrogen-bond acceptors (Lipinski definition) is 4. The maximum absolute atomic E-state index is 12.5. The predicted molar refractivity (Wildman–Crippen MR) is 78.6 cm³/mol. The molecule has 0 saturated carbocycles. The van der Waals surface area contributed by atoms with Gasteiger partial charge in [0.15, 0.2) is 0 Å². The van der Waals surface area contributed by atoms with Crippen LogP contribution >= 0.6 is 11.3 Å². The van der Waals surface area contributed by atoms with Gasteiger partial charge in [-0.15, -0.1) is 11.3 Å². The lowest BCUT2D eigenvalue weighted by Gasteiger charge is -2.34. The van der Waals surface area contributed by atoms with Gasteiger partial charge >= 0.3 is 0 Å². The summed E-state index contributed by atoms with van der Waals surface area (Å²) in [6, 6.07) is 0.209. The molecule has 0 aliphatic carbocycles. The standard InChI is InChI=1S/C15H22N2O2S/c18-14(7-6-12-4-3-10-19-12)17-9-2-1-5-13(17)15-16-8-11-20-15/h8,11-13H,1-7,9-10H2/t12-,13+/m1/s1. The molecule has 20 heavy (non-hydrogen) atoms. The average molecular weight is 294 g/mol. The lowest BCUT2D eigenvalue weighted by atomic mass is 10.0. The molecule has 0 bridgehead atoms. The molecule has 2 saturated heterocycles. The van der Waals surface area contributed by atoms with Gasteiger partial charge in [0.1, 0.15) is 5.01 Å². The van der Waals surface area contributed by atoms with Crippen LogP contribution in [0.4, 0.5) is 0 Å². The molecule has 2 fully saturated rings. The normalized spacial score (nSPS) is 26.9. The molecule has 1 amide bonds. The maximum Gasteiger partial charge on any atom is 0.223 e. The Morgan fingerprint density at radius 2 is 2.35 bits per heavy atom. The van der Waals surface area contributed by atoms with Crippen LogP contribution < -0.4 is 0 Å². The smallest absolute Gasteiger partial charge is 0.223 e. The van der Waals surface area contributed by atoms with Crippen molar-refractivity contribution in [3.05, 3.63) is 16.6 Å². The van der Waals surface area contributed by atoms with Gasteiger partial charge in [0.05, 0.1) is 12.1 Å². The molecule has 2 aliphatic rings. The first-order valence-corrected chi connectivity index (χ1v) is 8.53. The molecule has 2 aliphatic heterocycles. The van der Waals surface area contributed by atoms with Gasteiger partial charge in [-0.2, -0.15) is 0 Å². The van der Waals surface area contributed by atoms with E-state index in [0.717, 1.165) is 50.3 Å². The molecule has 3 rings (SSSR count). The number of carbonyl (C=O) groups excluding carboxylic acids is 1. The highest BCUT2D eigenvalue weighted by molar-refractivity contribution is 7.09. The van der Waals surface area contributed by atoms with Crippen molar-refractivity contribution in [2.24, 2.45) is 0 Å². The van der Waals surface area contributed by atoms with E-state index in [1.807, 2.05) is 11.6 Å². The number of carbonyl (C=O) groups is 1. The number of likely N-dealkylation sites (tertiary alicyclic amines) is 1. The summed E-state index contributed by atoms with van der Waals surface area (Å²) in [4.78, 5) is 19.0. The van der Waals surface area contributed by atoms with E-state index < -0.39 is 0 Å². The molecular weight excluding hydrogens is 272 g/mol. The second-order valence-electron chi connectivity index (χ2n) is 5.64. The Balaban J connectivity index is 1.59. The highest BCUT2D eigenvalue weighted by Gasteiger charge is 2.29. The van der Waals surface area contributed by atoms with Crippen molar-refractivity contribution in [1.29, 1.82) is 0 Å². The summed E-state index contributed by atoms with van der Waals surface area (Å²) in [5.41, 5.74) is 0. The number of amides is 1. The Morgan fingerprint density at radius 1 is 1.40 bits per heavy atom. The van der Waals surface area contributed by atoms with Crippen molar-refractivity contribution in [3.8, 4) is 0 Å². The third kappa shape index (κ3) is 3.20. The number of nitrogens with zero attached hydrogens (tertiary/aromatic N) is 2. The van der Waals surface area contributed by atoms with E-state index in [1.165, 1.54) is 6.42 Å². The quantitative estimate of drug-likeness (QED) is 0.856. The van der Waals surface area contributed by atoms with Crippen molar-refractivity contribution in [2.45, 2.75) is 57.1 Å². The Morgan fingerprint density at radius 3 is 3.10 bits per heavy atom. The fourth-order valence-electron chi connectivity index (χ4n) is 3.19. The van der Waals surface area contributed by atoms with Gasteiger partial charge < -0.3 is 9.64 Å². The van der Waals surface area contributed by atoms with Crippen LogP contribution in [-0.2, 0) is 9.53 Å². The number of rotatable bonds is 4. The molecular formula is C15H22N2O2S. The van der Waals surface area contributed by atoms with Gasteiger partial charge in [-0.3, -0.25) is 4.79 Å². The predicted octanol–water partition coefficient (Wildman–Crippen LogP) is 3.16. The highest BCUT2D eigenvalue weighted by Crippen LogP contribution is 2.32. The van der Waals surface area contributed by atoms with E-state index in [4.69, 9.17) is 4.74 Å². The van der Waals surface area contributed by atoms with Gasteiger partial charge in [0, 0.05) is 31.1 Å². The van der Waals surface area contributed by atoms with Crippen molar-refractivity contribution < 1.29 is 9.53 Å². The topological polar surface area (TPSA) is 42.4 Å². The first-order valence-electron chi connectivity index (χ1n) is 7.65. The van der Waals surface area contributed by atoms with Crippen LogP contribution in [0.2, 0.25) is 0 Å². The summed E-state index contributed by atoms with van der Waals surface area (Å²) in [6.07, 6.45) is 9.26. The molecule has 1 aromatic heterocycles. The van der Waals surface area contributed by atoms with Crippen LogP contribution in [0.15, 0.2) is 11.6 Å². The van der Waals surface area contributed by atoms with Crippen molar-refractivity contribution >= 4 is 17.2 Å². The maximum atomic E-state index is 12.5. The molecule has 0 aromatic carbocycles. The Labute approximate surface area is 124 Å². The number of ether oxygens (including phenoxy) is 1. The Kier molecular flexibility index (Phi) is 4.68. The first-order chi connectivity index (χ1) is 9.84. The number of hydrogen-bond donors (Lipinski definition) is 0. The number of piperidine rings is 1. The minimum atomic E-state index is 0.209. The molecule has 5 heteroatoms. The van der Waals surface area contributed by atoms with E-state index in [1.54, 1.807) is 11.3 Å². The number of thiazole rings is 1. The van der Waals surface area contributed by atoms with Gasteiger partial charge in [0.25, 0.3) is 0 Å². The van der Waals surface area contributed by atoms with E-state index in [9.17, 15) is 4.79 Å². The lowest BCUT2D eigenvalue weighted by Crippen LogP contribution is -2.38. The zero-order valence-electron chi connectivity index (χ0n) is 11.8. The van der Waals surface area contributed by atoms with E-state index in [0.29, 0.717) is 12.5 Å². The molecule has 0 unspecified atom stereocenters. The Hall–Kier alpha value is -0.940. The molecule has 0 radical (unpaired) electrons. The Bertz CT molecular complexity index is 429. The molecule has 110 valence electrons. The summed E-state index contributed by atoms with van der Waals surface area (Å²) in [5.74, 6) is 0.278. The van der Waals surface area contributed by atoms with Gasteiger partial charge in [-0.05, 0) is 38.5 Å². The second-order valence-corrected chi connectivity index (χ2v) is 6.57. The molecule has 1 aromatic rings. The van der Waals surface area contributed by atoms with E-state index >= 15 is 0 Å². The van der Waals surface area contributed by atoms with Gasteiger partial charge in [-0.25, -0.2) is 4.98 Å². The molecule has 4 nitrogen and oxygen atoms in total. The summed E-state index contributed by atoms with van der Waals surface area (Å²) in [6.45, 7) is 1.75. The first kappa shape index (κ1) is 14.0. The zero-order chi connectivity index (χ0) is 13.8. The summed E-state index contributed by atoms with van der Waals surface area (Å²) >= 11 is 1.66. The second kappa shape index (κ2) is 6.68.